The molecule has 4 N–H and O–H groups in total. The number of fused-ring (bicyclic) bond motifs is 7. The summed E-state index contributed by atoms with van der Waals surface area (Å²) in [5, 5.41) is 12.0. The summed E-state index contributed by atoms with van der Waals surface area (Å²) in [5.74, 6) is 5.16. The molecular formula is C36H76N2O4. The molecule has 6 nitrogen and oxygen atoms in total. The average Bonchev–Trinajstić information content (AvgIpc) is 3.52. The molecule has 1 heterocycles. The van der Waals surface area contributed by atoms with Crippen molar-refractivity contribution >= 4 is 11.8 Å². The van der Waals surface area contributed by atoms with Gasteiger partial charge in [-0.3, -0.25) is 4.79 Å². The fourth-order valence-corrected chi connectivity index (χ4v) is 10.2. The molecule has 2 amide bonds. The van der Waals surface area contributed by atoms with E-state index in [9.17, 15) is 14.7 Å². The summed E-state index contributed by atoms with van der Waals surface area (Å²) in [5.41, 5.74) is 5.21. The van der Waals surface area contributed by atoms with E-state index in [2.05, 4.69) is 32.2 Å². The molecule has 6 fully saturated rings. The Kier molecular flexibility index (Phi) is 11.5. The molecule has 1 aliphatic heterocycles. The van der Waals surface area contributed by atoms with Gasteiger partial charge in [0.1, 0.15) is 11.9 Å². The van der Waals surface area contributed by atoms with Gasteiger partial charge in [-0.1, -0.05) is 66.7 Å². The van der Waals surface area contributed by atoms with Crippen LogP contribution in [0.3, 0.4) is 0 Å². The van der Waals surface area contributed by atoms with Gasteiger partial charge in [0.15, 0.2) is 0 Å². The van der Waals surface area contributed by atoms with Gasteiger partial charge in [-0.05, 0) is 98.9 Å². The van der Waals surface area contributed by atoms with E-state index in [0.29, 0.717) is 40.9 Å². The summed E-state index contributed by atoms with van der Waals surface area (Å²) in [6, 6.07) is -0.0295. The predicted molar refractivity (Wildman–Crippen MR) is 184 cm³/mol. The molecule has 6 unspecified atom stereocenters. The Morgan fingerprint density at radius 3 is 2.45 bits per heavy atom. The number of ketones is 1. The number of aliphatic hydroxyl groups excluding tert-OH is 1. The molecule has 5 aliphatic carbocycles. The molecular weight excluding hydrogens is 524 g/mol. The van der Waals surface area contributed by atoms with E-state index < -0.39 is 0 Å². The summed E-state index contributed by atoms with van der Waals surface area (Å²) >= 11 is 0. The Hall–Kier alpha value is -1.56. The van der Waals surface area contributed by atoms with Crippen LogP contribution in [-0.4, -0.2) is 35.7 Å². The highest BCUT2D eigenvalue weighted by Crippen LogP contribution is 2.68. The number of urea groups is 1. The van der Waals surface area contributed by atoms with Crippen LogP contribution in [0.4, 0.5) is 4.79 Å². The average molecular weight is 601 g/mol. The maximum absolute atomic E-state index is 13.8. The standard InChI is InChI=1S/C27H42O3.C7H14N2O.C2H6.7H2/c1-17(16-28)7-6-9-19-13-23-24(30-19)14-22-20-11-10-18-8-4-5-12-26(18,2)21(20)15-25(29)27(22,23)3;8-7(10)9-6-4-2-1-3-5-6;1-2;;;;;;;/h9,17-18,20-24,28H,4-8,10-16H2,1-3H3;6H,1-5H2,(H3,8,9,10);1-2H3;7*1H/b19-9-;;;;;;;;;/t17?,18?,20-,21?,22?,23?,24?,26+,27+;;;;;;;;;/m1........./s1. The van der Waals surface area contributed by atoms with Crippen molar-refractivity contribution in [3.63, 3.8) is 0 Å². The molecule has 254 valence electrons. The van der Waals surface area contributed by atoms with Crippen molar-refractivity contribution in [3.05, 3.63) is 11.8 Å². The second-order valence-electron chi connectivity index (χ2n) is 14.9. The molecule has 6 heteroatoms. The van der Waals surface area contributed by atoms with Crippen LogP contribution < -0.4 is 11.1 Å². The number of Topliss-reactive ketones (excluding diaryl/α,β-unsaturated/α-hetero) is 1. The van der Waals surface area contributed by atoms with E-state index in [-0.39, 0.29) is 34.1 Å². The molecule has 9 atom stereocenters. The Bertz CT molecular complexity index is 974. The number of ether oxygens (including phenoxy) is 1. The van der Waals surface area contributed by atoms with Crippen LogP contribution in [0.5, 0.6) is 0 Å². The highest BCUT2D eigenvalue weighted by atomic mass is 16.5. The third kappa shape index (κ3) is 6.74. The molecule has 42 heavy (non-hydrogen) atoms. The lowest BCUT2D eigenvalue weighted by atomic mass is 9.44. The van der Waals surface area contributed by atoms with Crippen LogP contribution in [0.15, 0.2) is 11.8 Å². The maximum atomic E-state index is 13.8. The van der Waals surface area contributed by atoms with Crippen molar-refractivity contribution in [1.29, 1.82) is 0 Å². The van der Waals surface area contributed by atoms with Crippen LogP contribution in [0.1, 0.15) is 147 Å². The minimum atomic E-state index is -0.382. The number of aliphatic hydroxyl groups is 1. The number of amides is 2. The van der Waals surface area contributed by atoms with E-state index in [4.69, 9.17) is 10.5 Å². The molecule has 0 radical (unpaired) electrons. The number of primary amides is 1. The lowest BCUT2D eigenvalue weighted by molar-refractivity contribution is -0.155. The third-order valence-electron chi connectivity index (χ3n) is 12.7. The topological polar surface area (TPSA) is 102 Å². The van der Waals surface area contributed by atoms with E-state index >= 15 is 0 Å². The number of carbonyl (C=O) groups excluding carboxylic acids is 2. The van der Waals surface area contributed by atoms with Gasteiger partial charge in [0.2, 0.25) is 0 Å². The minimum absolute atomic E-state index is 0. The maximum Gasteiger partial charge on any atom is 0.312 e. The van der Waals surface area contributed by atoms with Gasteiger partial charge < -0.3 is 20.9 Å². The van der Waals surface area contributed by atoms with Crippen molar-refractivity contribution in [1.82, 2.24) is 5.32 Å². The van der Waals surface area contributed by atoms with E-state index in [1.54, 1.807) is 0 Å². The zero-order valence-electron chi connectivity index (χ0n) is 27.5. The molecule has 0 bridgehead atoms. The van der Waals surface area contributed by atoms with Crippen LogP contribution >= 0.6 is 0 Å². The Labute approximate surface area is 266 Å². The smallest absolute Gasteiger partial charge is 0.312 e. The molecule has 0 aromatic heterocycles. The van der Waals surface area contributed by atoms with Gasteiger partial charge in [-0.2, -0.15) is 0 Å². The number of allylic oxidation sites excluding steroid dienone is 2. The summed E-state index contributed by atoms with van der Waals surface area (Å²) in [6.45, 7) is 11.2. The Balaban J connectivity index is -0.000000465. The number of rotatable bonds is 5. The van der Waals surface area contributed by atoms with Crippen molar-refractivity contribution in [2.75, 3.05) is 6.61 Å². The second-order valence-corrected chi connectivity index (χ2v) is 14.9. The largest absolute Gasteiger partial charge is 0.495 e. The molecule has 0 aromatic rings. The quantitative estimate of drug-likeness (QED) is 0.292. The van der Waals surface area contributed by atoms with Crippen molar-refractivity contribution < 1.29 is 29.4 Å². The van der Waals surface area contributed by atoms with Crippen molar-refractivity contribution in [2.24, 2.45) is 52.1 Å². The van der Waals surface area contributed by atoms with E-state index in [1.165, 1.54) is 57.8 Å². The van der Waals surface area contributed by atoms with Crippen LogP contribution in [0, 0.1) is 46.3 Å². The lowest BCUT2D eigenvalue weighted by Crippen LogP contribution is -2.56. The molecule has 1 saturated heterocycles. The van der Waals surface area contributed by atoms with Crippen molar-refractivity contribution in [2.45, 2.75) is 149 Å². The van der Waals surface area contributed by atoms with Crippen LogP contribution in [0.2, 0.25) is 0 Å². The summed E-state index contributed by atoms with van der Waals surface area (Å²) < 4.78 is 6.46. The van der Waals surface area contributed by atoms with E-state index in [1.807, 2.05) is 13.8 Å². The molecule has 0 aromatic carbocycles. The molecule has 5 saturated carbocycles. The van der Waals surface area contributed by atoms with Gasteiger partial charge >= 0.3 is 6.03 Å². The fraction of sp³-hybridized carbons (Fsp3) is 0.889. The summed E-state index contributed by atoms with van der Waals surface area (Å²) in [7, 11) is 0. The van der Waals surface area contributed by atoms with Crippen LogP contribution in [0.25, 0.3) is 0 Å². The van der Waals surface area contributed by atoms with E-state index in [0.717, 1.165) is 62.5 Å². The monoisotopic (exact) mass is 601 g/mol. The third-order valence-corrected chi connectivity index (χ3v) is 12.7. The number of nitrogens with two attached hydrogens (primary N) is 1. The number of hydrogen-bond donors (Lipinski definition) is 3. The van der Waals surface area contributed by atoms with Gasteiger partial charge in [0, 0.05) is 46.8 Å². The van der Waals surface area contributed by atoms with Gasteiger partial charge in [0.05, 0.1) is 5.76 Å². The van der Waals surface area contributed by atoms with Gasteiger partial charge in [0.25, 0.3) is 0 Å². The first-order valence-corrected chi connectivity index (χ1v) is 17.7. The van der Waals surface area contributed by atoms with Crippen molar-refractivity contribution in [3.8, 4) is 0 Å². The highest BCUT2D eigenvalue weighted by molar-refractivity contribution is 5.87. The molecule has 0 spiro atoms. The van der Waals surface area contributed by atoms with Gasteiger partial charge in [-0.25, -0.2) is 4.79 Å². The lowest BCUT2D eigenvalue weighted by Gasteiger charge is -2.59. The Morgan fingerprint density at radius 2 is 1.76 bits per heavy atom. The zero-order valence-corrected chi connectivity index (χ0v) is 27.5. The van der Waals surface area contributed by atoms with Gasteiger partial charge in [-0.15, -0.1) is 0 Å². The first-order valence-electron chi connectivity index (χ1n) is 17.7. The first kappa shape index (κ1) is 33.3. The number of nitrogens with one attached hydrogen (secondary N) is 1. The fourth-order valence-electron chi connectivity index (χ4n) is 10.2. The second kappa shape index (κ2) is 14.5. The SMILES string of the molecule is CC.CC(CO)CC/C=C1/CC2C(CC3[C@@H]4CCC5CCCC[C@]5(C)C4CC(=O)[C@]23C)O1.NC(=O)NC1CCCCC1.[HH].[HH].[HH].[HH].[HH].[HH].[HH]. The molecule has 6 aliphatic rings. The van der Waals surface area contributed by atoms with Crippen LogP contribution in [-0.2, 0) is 9.53 Å². The minimum Gasteiger partial charge on any atom is -0.495 e. The highest BCUT2D eigenvalue weighted by Gasteiger charge is 2.67. The molecule has 6 rings (SSSR count). The predicted octanol–water partition coefficient (Wildman–Crippen LogP) is 9.64. The first-order chi connectivity index (χ1) is 20.2. The zero-order chi connectivity index (χ0) is 30.5. The number of hydrogen-bond acceptors (Lipinski definition) is 4. The summed E-state index contributed by atoms with van der Waals surface area (Å²) in [4.78, 5) is 24.1. The summed E-state index contributed by atoms with van der Waals surface area (Å²) in [6.07, 6.45) is 21.5. The number of carbonyl (C=O) groups is 2. The normalized spacial score (nSPS) is 40.5. The Morgan fingerprint density at radius 1 is 1.05 bits per heavy atom.